The van der Waals surface area contributed by atoms with Gasteiger partial charge in [0.05, 0.1) is 19.2 Å². The molecule has 0 bridgehead atoms. The molecule has 6 nitrogen and oxygen atoms in total. The fraction of sp³-hybridized carbons (Fsp3) is 0.231. The van der Waals surface area contributed by atoms with E-state index in [9.17, 15) is 4.79 Å². The Balaban J connectivity index is 2.64. The van der Waals surface area contributed by atoms with Crippen LogP contribution in [-0.4, -0.2) is 30.5 Å². The van der Waals surface area contributed by atoms with Gasteiger partial charge in [0.1, 0.15) is 5.69 Å². The second-order valence-corrected chi connectivity index (χ2v) is 4.38. The maximum atomic E-state index is 10.8. The molecule has 0 radical (unpaired) electrons. The van der Waals surface area contributed by atoms with Crippen molar-refractivity contribution in [2.24, 2.45) is 0 Å². The standard InChI is InChI=1S/C13H12ClNO5/c1-6-11(8-5-10(13(16)17)20-15-8)7(14)4-9(18-2)12(6)19-3/h4-5H,1-3H3,(H,16,17). The highest BCUT2D eigenvalue weighted by molar-refractivity contribution is 6.33. The molecule has 0 saturated heterocycles. The molecule has 0 saturated carbocycles. The van der Waals surface area contributed by atoms with Gasteiger partial charge >= 0.3 is 5.97 Å². The topological polar surface area (TPSA) is 81.8 Å². The van der Waals surface area contributed by atoms with Crippen LogP contribution in [0, 0.1) is 6.92 Å². The quantitative estimate of drug-likeness (QED) is 0.934. The molecule has 0 spiro atoms. The molecule has 0 aliphatic rings. The van der Waals surface area contributed by atoms with Gasteiger partial charge in [0.25, 0.3) is 0 Å². The molecule has 2 aromatic rings. The number of carboxylic acids is 1. The van der Waals surface area contributed by atoms with Crippen molar-refractivity contribution < 1.29 is 23.9 Å². The van der Waals surface area contributed by atoms with Gasteiger partial charge in [-0.2, -0.15) is 0 Å². The van der Waals surface area contributed by atoms with Crippen molar-refractivity contribution in [3.63, 3.8) is 0 Å². The summed E-state index contributed by atoms with van der Waals surface area (Å²) in [6, 6.07) is 2.89. The number of carbonyl (C=O) groups is 1. The minimum atomic E-state index is -1.20. The smallest absolute Gasteiger partial charge is 0.374 e. The summed E-state index contributed by atoms with van der Waals surface area (Å²) in [4.78, 5) is 10.8. The Labute approximate surface area is 119 Å². The van der Waals surface area contributed by atoms with E-state index in [2.05, 4.69) is 5.16 Å². The van der Waals surface area contributed by atoms with E-state index < -0.39 is 5.97 Å². The van der Waals surface area contributed by atoms with Gasteiger partial charge in [-0.25, -0.2) is 4.79 Å². The molecule has 2 rings (SSSR count). The molecular weight excluding hydrogens is 286 g/mol. The lowest BCUT2D eigenvalue weighted by atomic mass is 10.0. The number of hydrogen-bond acceptors (Lipinski definition) is 5. The number of aromatic nitrogens is 1. The van der Waals surface area contributed by atoms with Crippen LogP contribution in [0.15, 0.2) is 16.7 Å². The monoisotopic (exact) mass is 297 g/mol. The minimum Gasteiger partial charge on any atom is -0.493 e. The number of rotatable bonds is 4. The average Bonchev–Trinajstić information content (AvgIpc) is 2.87. The molecule has 1 aromatic heterocycles. The summed E-state index contributed by atoms with van der Waals surface area (Å²) in [5, 5.41) is 12.9. The molecule has 0 unspecified atom stereocenters. The molecule has 1 heterocycles. The summed E-state index contributed by atoms with van der Waals surface area (Å²) in [6.45, 7) is 1.78. The Morgan fingerprint density at radius 3 is 2.55 bits per heavy atom. The highest BCUT2D eigenvalue weighted by Crippen LogP contribution is 2.42. The first kappa shape index (κ1) is 14.2. The maximum absolute atomic E-state index is 10.8. The van der Waals surface area contributed by atoms with Gasteiger partial charge in [-0.05, 0) is 6.92 Å². The number of nitrogens with zero attached hydrogens (tertiary/aromatic N) is 1. The number of benzene rings is 1. The van der Waals surface area contributed by atoms with E-state index >= 15 is 0 Å². The Morgan fingerprint density at radius 1 is 1.35 bits per heavy atom. The normalized spacial score (nSPS) is 10.4. The highest BCUT2D eigenvalue weighted by Gasteiger charge is 2.21. The fourth-order valence-electron chi connectivity index (χ4n) is 1.94. The third kappa shape index (κ3) is 2.30. The molecule has 106 valence electrons. The number of halogens is 1. The highest BCUT2D eigenvalue weighted by atomic mass is 35.5. The summed E-state index contributed by atoms with van der Waals surface area (Å²) in [5.41, 5.74) is 1.55. The molecule has 20 heavy (non-hydrogen) atoms. The maximum Gasteiger partial charge on any atom is 0.374 e. The van der Waals surface area contributed by atoms with Crippen molar-refractivity contribution in [3.8, 4) is 22.8 Å². The number of carboxylic acid groups (broad SMARTS) is 1. The van der Waals surface area contributed by atoms with Gasteiger partial charge in [0, 0.05) is 23.3 Å². The summed E-state index contributed by atoms with van der Waals surface area (Å²) in [5.74, 6) is -0.462. The molecule has 0 fully saturated rings. The number of hydrogen-bond donors (Lipinski definition) is 1. The molecule has 0 amide bonds. The van der Waals surface area contributed by atoms with Crippen LogP contribution in [0.2, 0.25) is 5.02 Å². The second kappa shape index (κ2) is 5.42. The van der Waals surface area contributed by atoms with Gasteiger partial charge in [-0.1, -0.05) is 16.8 Å². The largest absolute Gasteiger partial charge is 0.493 e. The molecule has 1 N–H and O–H groups in total. The average molecular weight is 298 g/mol. The lowest BCUT2D eigenvalue weighted by molar-refractivity contribution is 0.0652. The molecule has 1 aromatic carbocycles. The Hall–Kier alpha value is -2.21. The lowest BCUT2D eigenvalue weighted by Crippen LogP contribution is -1.96. The minimum absolute atomic E-state index is 0.259. The van der Waals surface area contributed by atoms with Crippen molar-refractivity contribution in [1.82, 2.24) is 5.16 Å². The molecule has 0 atom stereocenters. The Bertz CT molecular complexity index is 665. The van der Waals surface area contributed by atoms with Gasteiger partial charge in [-0.15, -0.1) is 0 Å². The number of aromatic carboxylic acids is 1. The van der Waals surface area contributed by atoms with Crippen LogP contribution in [0.3, 0.4) is 0 Å². The van der Waals surface area contributed by atoms with E-state index in [1.165, 1.54) is 20.3 Å². The number of methoxy groups -OCH3 is 2. The van der Waals surface area contributed by atoms with Crippen LogP contribution in [-0.2, 0) is 0 Å². The first-order valence-electron chi connectivity index (χ1n) is 5.61. The molecular formula is C13H12ClNO5. The van der Waals surface area contributed by atoms with Crippen molar-refractivity contribution in [3.05, 3.63) is 28.5 Å². The van der Waals surface area contributed by atoms with E-state index in [0.29, 0.717) is 33.3 Å². The zero-order valence-corrected chi connectivity index (χ0v) is 11.8. The SMILES string of the molecule is COc1cc(Cl)c(-c2cc(C(=O)O)on2)c(C)c1OC. The van der Waals surface area contributed by atoms with Crippen molar-refractivity contribution in [2.75, 3.05) is 14.2 Å². The van der Waals surface area contributed by atoms with Crippen LogP contribution < -0.4 is 9.47 Å². The predicted octanol–water partition coefficient (Wildman–Crippen LogP) is 3.02. The summed E-state index contributed by atoms with van der Waals surface area (Å²) >= 11 is 6.20. The van der Waals surface area contributed by atoms with Crippen LogP contribution in [0.1, 0.15) is 16.1 Å². The molecule has 7 heteroatoms. The third-order valence-corrected chi connectivity index (χ3v) is 3.14. The van der Waals surface area contributed by atoms with E-state index in [-0.39, 0.29) is 5.76 Å². The van der Waals surface area contributed by atoms with Gasteiger partial charge in [0.15, 0.2) is 11.5 Å². The Morgan fingerprint density at radius 2 is 2.05 bits per heavy atom. The van der Waals surface area contributed by atoms with Gasteiger partial charge in [-0.3, -0.25) is 0 Å². The van der Waals surface area contributed by atoms with Crippen LogP contribution in [0.25, 0.3) is 11.3 Å². The Kier molecular flexibility index (Phi) is 3.85. The first-order chi connectivity index (χ1) is 9.49. The predicted molar refractivity (Wildman–Crippen MR) is 71.7 cm³/mol. The van der Waals surface area contributed by atoms with Crippen molar-refractivity contribution >= 4 is 17.6 Å². The van der Waals surface area contributed by atoms with Gasteiger partial charge < -0.3 is 19.1 Å². The van der Waals surface area contributed by atoms with E-state index in [0.717, 1.165) is 0 Å². The zero-order chi connectivity index (χ0) is 14.9. The second-order valence-electron chi connectivity index (χ2n) is 3.98. The summed E-state index contributed by atoms with van der Waals surface area (Å²) < 4.78 is 15.2. The lowest BCUT2D eigenvalue weighted by Gasteiger charge is -2.14. The van der Waals surface area contributed by atoms with Crippen molar-refractivity contribution in [2.45, 2.75) is 6.92 Å². The van der Waals surface area contributed by atoms with E-state index in [1.807, 2.05) is 0 Å². The zero-order valence-electron chi connectivity index (χ0n) is 11.1. The van der Waals surface area contributed by atoms with Crippen LogP contribution in [0.5, 0.6) is 11.5 Å². The number of ether oxygens (including phenoxy) is 2. The summed E-state index contributed by atoms with van der Waals surface area (Å²) in [6.07, 6.45) is 0. The fourth-order valence-corrected chi connectivity index (χ4v) is 2.28. The van der Waals surface area contributed by atoms with Crippen molar-refractivity contribution in [1.29, 1.82) is 0 Å². The molecule has 0 aliphatic heterocycles. The van der Waals surface area contributed by atoms with Gasteiger partial charge in [0.2, 0.25) is 5.76 Å². The molecule has 0 aliphatic carbocycles. The van der Waals surface area contributed by atoms with E-state index in [1.54, 1.807) is 13.0 Å². The third-order valence-electron chi connectivity index (χ3n) is 2.84. The van der Waals surface area contributed by atoms with Crippen LogP contribution in [0.4, 0.5) is 0 Å². The van der Waals surface area contributed by atoms with Crippen LogP contribution >= 0.6 is 11.6 Å². The first-order valence-corrected chi connectivity index (χ1v) is 5.98. The van der Waals surface area contributed by atoms with E-state index in [4.69, 9.17) is 30.7 Å². The summed E-state index contributed by atoms with van der Waals surface area (Å²) in [7, 11) is 3.01.